The average Bonchev–Trinajstić information content (AvgIpc) is 2.14. The molecular weight excluding hydrogens is 106 g/mol. The van der Waals surface area contributed by atoms with E-state index in [4.69, 9.17) is 11.0 Å². The van der Waals surface area contributed by atoms with E-state index in [-0.39, 0.29) is 12.2 Å². The van der Waals surface area contributed by atoms with E-state index in [0.29, 0.717) is 6.42 Å². The molecule has 2 unspecified atom stereocenters. The van der Waals surface area contributed by atoms with Crippen molar-refractivity contribution in [1.29, 1.82) is 0 Å². The summed E-state index contributed by atoms with van der Waals surface area (Å²) in [7, 11) is 0. The second-order valence-corrected chi connectivity index (χ2v) is 2.22. The molecule has 1 aliphatic rings. The lowest BCUT2D eigenvalue weighted by Gasteiger charge is -2.02. The van der Waals surface area contributed by atoms with Crippen molar-refractivity contribution in [3.05, 3.63) is 0 Å². The Morgan fingerprint density at radius 1 is 1.50 bits per heavy atom. The minimum absolute atomic E-state index is 0.102. The van der Waals surface area contributed by atoms with Gasteiger partial charge >= 0.3 is 0 Å². The quantitative estimate of drug-likeness (QED) is 0.467. The van der Waals surface area contributed by atoms with Crippen LogP contribution in [0.25, 0.3) is 0 Å². The van der Waals surface area contributed by atoms with Crippen LogP contribution in [-0.2, 0) is 4.84 Å². The van der Waals surface area contributed by atoms with Crippen LogP contribution in [0.2, 0.25) is 0 Å². The average molecular weight is 117 g/mol. The van der Waals surface area contributed by atoms with E-state index in [1.54, 1.807) is 0 Å². The third kappa shape index (κ3) is 1.18. The molecule has 3 N–H and O–H groups in total. The number of aliphatic hydroxyl groups is 1. The van der Waals surface area contributed by atoms with Gasteiger partial charge in [0, 0.05) is 6.42 Å². The predicted octanol–water partition coefficient (Wildman–Crippen LogP) is -0.210. The van der Waals surface area contributed by atoms with Crippen molar-refractivity contribution in [3.63, 3.8) is 0 Å². The van der Waals surface area contributed by atoms with Gasteiger partial charge < -0.3 is 9.94 Å². The van der Waals surface area contributed by atoms with Gasteiger partial charge in [-0.3, -0.25) is 0 Å². The molecule has 1 saturated carbocycles. The Kier molecular flexibility index (Phi) is 1.83. The van der Waals surface area contributed by atoms with Gasteiger partial charge in [-0.1, -0.05) is 0 Å². The standard InChI is InChI=1S/C5H11NO2/c6-8-5-2-1-4(7)3-5/h4-5,7H,1-3,6H2. The lowest BCUT2D eigenvalue weighted by Crippen LogP contribution is -2.14. The topological polar surface area (TPSA) is 55.5 Å². The third-order valence-corrected chi connectivity index (χ3v) is 1.55. The molecule has 0 radical (unpaired) electrons. The summed E-state index contributed by atoms with van der Waals surface area (Å²) in [6, 6.07) is 0. The largest absolute Gasteiger partial charge is 0.393 e. The first-order valence-corrected chi connectivity index (χ1v) is 2.86. The zero-order valence-electron chi connectivity index (χ0n) is 4.71. The van der Waals surface area contributed by atoms with Gasteiger partial charge in [0.1, 0.15) is 0 Å². The summed E-state index contributed by atoms with van der Waals surface area (Å²) in [6.45, 7) is 0. The van der Waals surface area contributed by atoms with E-state index in [1.165, 1.54) is 0 Å². The summed E-state index contributed by atoms with van der Waals surface area (Å²) in [6.07, 6.45) is 2.37. The zero-order chi connectivity index (χ0) is 5.98. The summed E-state index contributed by atoms with van der Waals surface area (Å²) in [4.78, 5) is 4.52. The van der Waals surface area contributed by atoms with Crippen LogP contribution in [0, 0.1) is 0 Å². The molecule has 3 nitrogen and oxygen atoms in total. The van der Waals surface area contributed by atoms with Gasteiger partial charge in [-0.15, -0.1) is 0 Å². The van der Waals surface area contributed by atoms with Gasteiger partial charge in [-0.2, -0.15) is 0 Å². The van der Waals surface area contributed by atoms with E-state index in [1.807, 2.05) is 0 Å². The Labute approximate surface area is 48.4 Å². The molecule has 0 heterocycles. The first-order valence-electron chi connectivity index (χ1n) is 2.86. The Bertz CT molecular complexity index is 76.8. The smallest absolute Gasteiger partial charge is 0.0812 e. The summed E-state index contributed by atoms with van der Waals surface area (Å²) in [5.41, 5.74) is 0. The number of hydrogen-bond acceptors (Lipinski definition) is 3. The van der Waals surface area contributed by atoms with Crippen LogP contribution < -0.4 is 5.90 Å². The fraction of sp³-hybridized carbons (Fsp3) is 1.00. The molecule has 0 amide bonds. The van der Waals surface area contributed by atoms with Gasteiger partial charge in [-0.05, 0) is 12.8 Å². The zero-order valence-corrected chi connectivity index (χ0v) is 4.71. The second kappa shape index (κ2) is 2.44. The summed E-state index contributed by atoms with van der Waals surface area (Å²) >= 11 is 0. The van der Waals surface area contributed by atoms with Gasteiger partial charge in [-0.25, -0.2) is 5.90 Å². The van der Waals surface area contributed by atoms with Crippen LogP contribution in [0.15, 0.2) is 0 Å². The van der Waals surface area contributed by atoms with Crippen LogP contribution in [0.4, 0.5) is 0 Å². The highest BCUT2D eigenvalue weighted by Crippen LogP contribution is 2.19. The minimum atomic E-state index is -0.177. The Morgan fingerprint density at radius 3 is 2.50 bits per heavy atom. The molecule has 2 atom stereocenters. The highest BCUT2D eigenvalue weighted by Gasteiger charge is 2.22. The van der Waals surface area contributed by atoms with Crippen molar-refractivity contribution in [3.8, 4) is 0 Å². The summed E-state index contributed by atoms with van der Waals surface area (Å²) in [5, 5.41) is 8.90. The van der Waals surface area contributed by atoms with Gasteiger partial charge in [0.25, 0.3) is 0 Å². The fourth-order valence-corrected chi connectivity index (χ4v) is 1.04. The molecule has 48 valence electrons. The summed E-state index contributed by atoms with van der Waals surface area (Å²) < 4.78 is 0. The summed E-state index contributed by atoms with van der Waals surface area (Å²) in [5.74, 6) is 4.88. The number of aliphatic hydroxyl groups excluding tert-OH is 1. The van der Waals surface area contributed by atoms with Crippen LogP contribution in [0.1, 0.15) is 19.3 Å². The first-order chi connectivity index (χ1) is 3.83. The molecule has 3 heteroatoms. The van der Waals surface area contributed by atoms with E-state index in [0.717, 1.165) is 12.8 Å². The highest BCUT2D eigenvalue weighted by molar-refractivity contribution is 4.73. The number of hydrogen-bond donors (Lipinski definition) is 2. The normalized spacial score (nSPS) is 38.2. The molecule has 0 aromatic rings. The molecule has 1 aliphatic carbocycles. The van der Waals surface area contributed by atoms with Crippen LogP contribution in [0.5, 0.6) is 0 Å². The molecule has 8 heavy (non-hydrogen) atoms. The second-order valence-electron chi connectivity index (χ2n) is 2.22. The molecule has 0 aromatic heterocycles. The lowest BCUT2D eigenvalue weighted by atomic mass is 10.3. The minimum Gasteiger partial charge on any atom is -0.393 e. The molecule has 0 spiro atoms. The van der Waals surface area contributed by atoms with Crippen molar-refractivity contribution in [1.82, 2.24) is 0 Å². The van der Waals surface area contributed by atoms with Crippen molar-refractivity contribution < 1.29 is 9.94 Å². The molecule has 1 fully saturated rings. The maximum absolute atomic E-state index is 8.90. The Morgan fingerprint density at radius 2 is 2.25 bits per heavy atom. The van der Waals surface area contributed by atoms with Crippen molar-refractivity contribution in [2.75, 3.05) is 0 Å². The third-order valence-electron chi connectivity index (χ3n) is 1.55. The van der Waals surface area contributed by atoms with Crippen molar-refractivity contribution in [2.24, 2.45) is 5.90 Å². The van der Waals surface area contributed by atoms with E-state index in [9.17, 15) is 0 Å². The number of nitrogens with two attached hydrogens (primary N) is 1. The first kappa shape index (κ1) is 6.01. The Balaban J connectivity index is 2.22. The lowest BCUT2D eigenvalue weighted by molar-refractivity contribution is 0.0473. The van der Waals surface area contributed by atoms with E-state index < -0.39 is 0 Å². The molecule has 0 aliphatic heterocycles. The number of rotatable bonds is 1. The van der Waals surface area contributed by atoms with Crippen molar-refractivity contribution >= 4 is 0 Å². The van der Waals surface area contributed by atoms with Crippen molar-refractivity contribution in [2.45, 2.75) is 31.5 Å². The van der Waals surface area contributed by atoms with Gasteiger partial charge in [0.2, 0.25) is 0 Å². The Hall–Kier alpha value is -0.120. The maximum Gasteiger partial charge on any atom is 0.0812 e. The molecule has 0 bridgehead atoms. The molecule has 1 rings (SSSR count). The van der Waals surface area contributed by atoms with E-state index in [2.05, 4.69) is 4.84 Å². The van der Waals surface area contributed by atoms with Crippen LogP contribution >= 0.6 is 0 Å². The predicted molar refractivity (Wildman–Crippen MR) is 28.9 cm³/mol. The molecular formula is C5H11NO2. The maximum atomic E-state index is 8.90. The highest BCUT2D eigenvalue weighted by atomic mass is 16.6. The van der Waals surface area contributed by atoms with Gasteiger partial charge in [0.05, 0.1) is 12.2 Å². The SMILES string of the molecule is NOC1CCC(O)C1. The monoisotopic (exact) mass is 117 g/mol. The molecule has 0 aromatic carbocycles. The molecule has 0 saturated heterocycles. The van der Waals surface area contributed by atoms with Crippen LogP contribution in [-0.4, -0.2) is 17.3 Å². The van der Waals surface area contributed by atoms with Gasteiger partial charge in [0.15, 0.2) is 0 Å². The van der Waals surface area contributed by atoms with Crippen LogP contribution in [0.3, 0.4) is 0 Å². The van der Waals surface area contributed by atoms with E-state index >= 15 is 0 Å². The fourth-order valence-electron chi connectivity index (χ4n) is 1.04.